The molecule has 0 amide bonds. The molecule has 1 atom stereocenters. The number of rotatable bonds is 7. The van der Waals surface area contributed by atoms with Gasteiger partial charge in [-0.15, -0.1) is 0 Å². The van der Waals surface area contributed by atoms with Crippen molar-refractivity contribution in [2.45, 2.75) is 37.9 Å². The Morgan fingerprint density at radius 3 is 2.53 bits per heavy atom. The van der Waals surface area contributed by atoms with Crippen LogP contribution in [0, 0.1) is 5.92 Å². The Labute approximate surface area is 88.2 Å². The largest absolute Gasteiger partial charge is 0.411 e. The molecule has 15 heavy (non-hydrogen) atoms. The van der Waals surface area contributed by atoms with Crippen molar-refractivity contribution in [3.63, 3.8) is 0 Å². The highest BCUT2D eigenvalue weighted by molar-refractivity contribution is 4.79. The van der Waals surface area contributed by atoms with Crippen LogP contribution in [0.4, 0.5) is 13.2 Å². The third kappa shape index (κ3) is 6.73. The third-order valence-corrected chi connectivity index (χ3v) is 2.60. The van der Waals surface area contributed by atoms with Gasteiger partial charge in [0.15, 0.2) is 0 Å². The quantitative estimate of drug-likeness (QED) is 0.671. The Balaban J connectivity index is 2.01. The normalized spacial score (nSPS) is 19.2. The smallest absolute Gasteiger partial charge is 0.372 e. The Kier molecular flexibility index (Phi) is 4.86. The first kappa shape index (κ1) is 12.8. The van der Waals surface area contributed by atoms with Gasteiger partial charge < -0.3 is 10.1 Å². The lowest BCUT2D eigenvalue weighted by Crippen LogP contribution is -2.28. The predicted molar refractivity (Wildman–Crippen MR) is 51.7 cm³/mol. The number of hydrogen-bond acceptors (Lipinski definition) is 2. The molecular formula is C10H18F3NO. The van der Waals surface area contributed by atoms with Crippen LogP contribution in [0.3, 0.4) is 0 Å². The average molecular weight is 225 g/mol. The molecule has 1 aliphatic rings. The van der Waals surface area contributed by atoms with Crippen LogP contribution >= 0.6 is 0 Å². The second-order valence-electron chi connectivity index (χ2n) is 4.12. The van der Waals surface area contributed by atoms with Gasteiger partial charge in [-0.1, -0.05) is 12.8 Å². The molecule has 1 N–H and O–H groups in total. The van der Waals surface area contributed by atoms with Crippen molar-refractivity contribution in [1.29, 1.82) is 0 Å². The summed E-state index contributed by atoms with van der Waals surface area (Å²) in [6.07, 6.45) is 0.0454. The summed E-state index contributed by atoms with van der Waals surface area (Å²) >= 11 is 0. The van der Waals surface area contributed by atoms with Crippen molar-refractivity contribution in [2.75, 3.05) is 20.3 Å². The van der Waals surface area contributed by atoms with Crippen molar-refractivity contribution >= 4 is 0 Å². The highest BCUT2D eigenvalue weighted by Crippen LogP contribution is 2.33. The summed E-state index contributed by atoms with van der Waals surface area (Å²) in [6.45, 7) is -0.954. The number of halogens is 3. The number of alkyl halides is 3. The van der Waals surface area contributed by atoms with Crippen LogP contribution in [0.5, 0.6) is 0 Å². The lowest BCUT2D eigenvalue weighted by atomic mass is 10.1. The number of hydrogen-bond donors (Lipinski definition) is 1. The molecule has 0 aromatic rings. The van der Waals surface area contributed by atoms with Crippen LogP contribution in [0.25, 0.3) is 0 Å². The minimum atomic E-state index is -4.20. The molecule has 1 aliphatic carbocycles. The zero-order valence-corrected chi connectivity index (χ0v) is 8.94. The predicted octanol–water partition coefficient (Wildman–Crippen LogP) is 2.34. The van der Waals surface area contributed by atoms with Gasteiger partial charge in [0.05, 0.1) is 0 Å². The van der Waals surface area contributed by atoms with Crippen molar-refractivity contribution in [1.82, 2.24) is 5.32 Å². The van der Waals surface area contributed by atoms with E-state index in [1.165, 1.54) is 12.8 Å². The summed E-state index contributed by atoms with van der Waals surface area (Å²) in [6, 6.07) is 0.297. The Morgan fingerprint density at radius 1 is 1.40 bits per heavy atom. The van der Waals surface area contributed by atoms with Gasteiger partial charge in [-0.05, 0) is 25.8 Å². The lowest BCUT2D eigenvalue weighted by Gasteiger charge is -2.16. The summed E-state index contributed by atoms with van der Waals surface area (Å²) in [5.74, 6) is 0.782. The first-order valence-electron chi connectivity index (χ1n) is 5.33. The van der Waals surface area contributed by atoms with Crippen LogP contribution in [-0.4, -0.2) is 32.5 Å². The summed E-state index contributed by atoms with van der Waals surface area (Å²) in [4.78, 5) is 0. The van der Waals surface area contributed by atoms with E-state index in [4.69, 9.17) is 0 Å². The summed E-state index contributed by atoms with van der Waals surface area (Å²) in [7, 11) is 1.84. The van der Waals surface area contributed by atoms with Gasteiger partial charge in [-0.3, -0.25) is 0 Å². The van der Waals surface area contributed by atoms with E-state index in [0.717, 1.165) is 12.3 Å². The Bertz CT molecular complexity index is 180. The van der Waals surface area contributed by atoms with E-state index in [9.17, 15) is 13.2 Å². The first-order valence-corrected chi connectivity index (χ1v) is 5.33. The zero-order chi connectivity index (χ0) is 11.3. The summed E-state index contributed by atoms with van der Waals surface area (Å²) < 4.78 is 39.8. The molecule has 0 aromatic heterocycles. The Hall–Kier alpha value is -0.290. The molecule has 1 fully saturated rings. The van der Waals surface area contributed by atoms with Crippen molar-refractivity contribution in [3.8, 4) is 0 Å². The van der Waals surface area contributed by atoms with E-state index in [1.54, 1.807) is 0 Å². The standard InChI is InChI=1S/C10H18F3NO/c1-14-9(6-8-2-3-8)4-5-15-7-10(11,12)13/h8-9,14H,2-7H2,1H3. The Morgan fingerprint density at radius 2 is 2.07 bits per heavy atom. The molecule has 90 valence electrons. The molecule has 0 saturated heterocycles. The molecule has 1 rings (SSSR count). The second-order valence-corrected chi connectivity index (χ2v) is 4.12. The topological polar surface area (TPSA) is 21.3 Å². The van der Waals surface area contributed by atoms with Crippen molar-refractivity contribution in [3.05, 3.63) is 0 Å². The molecule has 0 heterocycles. The van der Waals surface area contributed by atoms with Crippen LogP contribution in [0.2, 0.25) is 0 Å². The molecule has 0 radical (unpaired) electrons. The van der Waals surface area contributed by atoms with E-state index >= 15 is 0 Å². The summed E-state index contributed by atoms with van der Waals surface area (Å²) in [5.41, 5.74) is 0. The van der Waals surface area contributed by atoms with E-state index in [2.05, 4.69) is 10.1 Å². The van der Waals surface area contributed by atoms with Crippen LogP contribution in [0.1, 0.15) is 25.7 Å². The van der Waals surface area contributed by atoms with Gasteiger partial charge in [-0.25, -0.2) is 0 Å². The van der Waals surface area contributed by atoms with Crippen molar-refractivity contribution < 1.29 is 17.9 Å². The second kappa shape index (κ2) is 5.70. The van der Waals surface area contributed by atoms with E-state index in [0.29, 0.717) is 12.5 Å². The lowest BCUT2D eigenvalue weighted by molar-refractivity contribution is -0.174. The molecule has 2 nitrogen and oxygen atoms in total. The van der Waals surface area contributed by atoms with Crippen LogP contribution in [-0.2, 0) is 4.74 Å². The van der Waals surface area contributed by atoms with Crippen LogP contribution in [0.15, 0.2) is 0 Å². The van der Waals surface area contributed by atoms with Gasteiger partial charge >= 0.3 is 6.18 Å². The first-order chi connectivity index (χ1) is 7.01. The minimum absolute atomic E-state index is 0.178. The fourth-order valence-electron chi connectivity index (χ4n) is 1.55. The number of ether oxygens (including phenoxy) is 1. The molecule has 1 saturated carbocycles. The summed E-state index contributed by atoms with van der Waals surface area (Å²) in [5, 5.41) is 3.11. The third-order valence-electron chi connectivity index (χ3n) is 2.60. The highest BCUT2D eigenvalue weighted by Gasteiger charge is 2.28. The fraction of sp³-hybridized carbons (Fsp3) is 1.00. The van der Waals surface area contributed by atoms with Gasteiger partial charge in [0.25, 0.3) is 0 Å². The molecule has 0 spiro atoms. The average Bonchev–Trinajstić information content (AvgIpc) is 2.92. The monoisotopic (exact) mass is 225 g/mol. The maximum atomic E-state index is 11.7. The van der Waals surface area contributed by atoms with E-state index < -0.39 is 12.8 Å². The molecular weight excluding hydrogens is 207 g/mol. The SMILES string of the molecule is CNC(CCOCC(F)(F)F)CC1CC1. The molecule has 0 aliphatic heterocycles. The van der Waals surface area contributed by atoms with Gasteiger partial charge in [0, 0.05) is 12.6 Å². The molecule has 0 bridgehead atoms. The molecule has 5 heteroatoms. The van der Waals surface area contributed by atoms with E-state index in [1.807, 2.05) is 7.05 Å². The van der Waals surface area contributed by atoms with Crippen LogP contribution < -0.4 is 5.32 Å². The number of nitrogens with one attached hydrogen (secondary N) is 1. The fourth-order valence-corrected chi connectivity index (χ4v) is 1.55. The zero-order valence-electron chi connectivity index (χ0n) is 8.94. The maximum Gasteiger partial charge on any atom is 0.411 e. The highest BCUT2D eigenvalue weighted by atomic mass is 19.4. The van der Waals surface area contributed by atoms with Gasteiger partial charge in [0.1, 0.15) is 6.61 Å². The van der Waals surface area contributed by atoms with Gasteiger partial charge in [0.2, 0.25) is 0 Å². The minimum Gasteiger partial charge on any atom is -0.372 e. The van der Waals surface area contributed by atoms with Gasteiger partial charge in [-0.2, -0.15) is 13.2 Å². The molecule has 0 aromatic carbocycles. The van der Waals surface area contributed by atoms with E-state index in [-0.39, 0.29) is 6.61 Å². The molecule has 1 unspecified atom stereocenters. The van der Waals surface area contributed by atoms with Crippen molar-refractivity contribution in [2.24, 2.45) is 5.92 Å². The maximum absolute atomic E-state index is 11.7.